The fourth-order valence-electron chi connectivity index (χ4n) is 1.56. The highest BCUT2D eigenvalue weighted by atomic mass is 32.2. The van der Waals surface area contributed by atoms with Gasteiger partial charge in [-0.25, -0.2) is 4.98 Å². The summed E-state index contributed by atoms with van der Waals surface area (Å²) in [5.41, 5.74) is 0.710. The molecule has 0 bridgehead atoms. The highest BCUT2D eigenvalue weighted by Gasteiger charge is 2.19. The summed E-state index contributed by atoms with van der Waals surface area (Å²) >= 11 is 2.40. The van der Waals surface area contributed by atoms with E-state index in [2.05, 4.69) is 25.5 Å². The van der Waals surface area contributed by atoms with E-state index >= 15 is 0 Å². The number of hydrogen-bond donors (Lipinski definition) is 2. The van der Waals surface area contributed by atoms with Gasteiger partial charge in [0.25, 0.3) is 5.56 Å². The highest BCUT2D eigenvalue weighted by Crippen LogP contribution is 2.30. The van der Waals surface area contributed by atoms with E-state index in [1.165, 1.54) is 11.3 Å². The van der Waals surface area contributed by atoms with Crippen LogP contribution in [0.15, 0.2) is 9.95 Å². The van der Waals surface area contributed by atoms with Gasteiger partial charge in [0.15, 0.2) is 15.4 Å². The van der Waals surface area contributed by atoms with Gasteiger partial charge in [-0.05, 0) is 27.7 Å². The first kappa shape index (κ1) is 17.4. The number of carbonyl (C=O) groups is 1. The molecule has 2 aromatic rings. The van der Waals surface area contributed by atoms with Crippen molar-refractivity contribution in [3.8, 4) is 5.06 Å². The number of carbonyl (C=O) groups excluding carboxylic acids is 1. The molecule has 0 unspecified atom stereocenters. The average Bonchev–Trinajstić information content (AvgIpc) is 2.83. The van der Waals surface area contributed by atoms with E-state index in [1.807, 2.05) is 13.8 Å². The lowest BCUT2D eigenvalue weighted by Crippen LogP contribution is -2.23. The first-order valence-electron chi connectivity index (χ1n) is 6.92. The molecule has 0 radical (unpaired) electrons. The number of rotatable bonds is 6. The second kappa shape index (κ2) is 7.55. The van der Waals surface area contributed by atoms with Crippen LogP contribution in [0.4, 0.5) is 5.13 Å². The maximum absolute atomic E-state index is 12.2. The SMILES string of the molecule is CCOc1sc(NC(=O)[C@H](C)Sc2nnc(C)c(=O)[nH]2)nc1C. The van der Waals surface area contributed by atoms with Crippen LogP contribution in [0.5, 0.6) is 5.06 Å². The van der Waals surface area contributed by atoms with Crippen molar-refractivity contribution in [3.63, 3.8) is 0 Å². The Morgan fingerprint density at radius 2 is 2.13 bits per heavy atom. The van der Waals surface area contributed by atoms with Crippen LogP contribution in [0.25, 0.3) is 0 Å². The Labute approximate surface area is 141 Å². The van der Waals surface area contributed by atoms with E-state index in [-0.39, 0.29) is 17.2 Å². The second-order valence-electron chi connectivity index (χ2n) is 4.62. The molecule has 0 aliphatic heterocycles. The number of aromatic nitrogens is 4. The Bertz CT molecular complexity index is 758. The zero-order valence-electron chi connectivity index (χ0n) is 13.2. The first-order chi connectivity index (χ1) is 10.9. The fraction of sp³-hybridized carbons (Fsp3) is 0.462. The number of nitrogens with one attached hydrogen (secondary N) is 2. The quantitative estimate of drug-likeness (QED) is 0.760. The standard InChI is InChI=1S/C13H17N5O3S2/c1-5-21-11-7(3)14-12(23-11)16-10(20)8(4)22-13-15-9(19)6(2)17-18-13/h8H,5H2,1-4H3,(H,14,16,20)(H,15,18,19)/t8-/m0/s1. The molecule has 2 N–H and O–H groups in total. The summed E-state index contributed by atoms with van der Waals surface area (Å²) in [5.74, 6) is -0.241. The summed E-state index contributed by atoms with van der Waals surface area (Å²) < 4.78 is 5.42. The van der Waals surface area contributed by atoms with E-state index < -0.39 is 5.25 Å². The third-order valence-electron chi connectivity index (χ3n) is 2.76. The van der Waals surface area contributed by atoms with Crippen molar-refractivity contribution in [2.45, 2.75) is 38.1 Å². The van der Waals surface area contributed by atoms with Gasteiger partial charge in [0, 0.05) is 0 Å². The normalized spacial score (nSPS) is 12.0. The Morgan fingerprint density at radius 3 is 2.78 bits per heavy atom. The van der Waals surface area contributed by atoms with Gasteiger partial charge >= 0.3 is 0 Å². The fourth-order valence-corrected chi connectivity index (χ4v) is 3.18. The lowest BCUT2D eigenvalue weighted by Gasteiger charge is -2.09. The van der Waals surface area contributed by atoms with Crippen LogP contribution in [-0.2, 0) is 4.79 Å². The molecular formula is C13H17N5O3S2. The summed E-state index contributed by atoms with van der Waals surface area (Å²) in [4.78, 5) is 30.5. The molecule has 1 amide bonds. The van der Waals surface area contributed by atoms with Crippen molar-refractivity contribution in [3.05, 3.63) is 21.7 Å². The van der Waals surface area contributed by atoms with Gasteiger partial charge < -0.3 is 10.1 Å². The van der Waals surface area contributed by atoms with E-state index in [1.54, 1.807) is 13.8 Å². The van der Waals surface area contributed by atoms with Gasteiger partial charge in [-0.3, -0.25) is 14.6 Å². The van der Waals surface area contributed by atoms with Gasteiger partial charge in [-0.15, -0.1) is 10.2 Å². The predicted molar refractivity (Wildman–Crippen MR) is 89.4 cm³/mol. The molecular weight excluding hydrogens is 338 g/mol. The highest BCUT2D eigenvalue weighted by molar-refractivity contribution is 8.00. The van der Waals surface area contributed by atoms with Gasteiger partial charge in [-0.2, -0.15) is 0 Å². The largest absolute Gasteiger partial charge is 0.483 e. The molecule has 2 aromatic heterocycles. The minimum atomic E-state index is -0.470. The number of hydrogen-bond acceptors (Lipinski definition) is 8. The Balaban J connectivity index is 2.00. The maximum Gasteiger partial charge on any atom is 0.273 e. The summed E-state index contributed by atoms with van der Waals surface area (Å²) in [5, 5.41) is 11.3. The minimum absolute atomic E-state index is 0.241. The van der Waals surface area contributed by atoms with E-state index in [0.29, 0.717) is 22.0 Å². The summed E-state index contributed by atoms with van der Waals surface area (Å²) in [7, 11) is 0. The van der Waals surface area contributed by atoms with Gasteiger partial charge in [0.1, 0.15) is 5.69 Å². The number of aromatic amines is 1. The molecule has 0 spiro atoms. The molecule has 0 aliphatic rings. The molecule has 23 heavy (non-hydrogen) atoms. The zero-order valence-corrected chi connectivity index (χ0v) is 14.8. The minimum Gasteiger partial charge on any atom is -0.483 e. The number of ether oxygens (including phenoxy) is 1. The molecule has 10 heteroatoms. The van der Waals surface area contributed by atoms with Crippen molar-refractivity contribution >= 4 is 34.1 Å². The number of H-pyrrole nitrogens is 1. The van der Waals surface area contributed by atoms with Crippen molar-refractivity contribution in [1.82, 2.24) is 20.2 Å². The zero-order chi connectivity index (χ0) is 17.0. The van der Waals surface area contributed by atoms with Crippen LogP contribution in [0.3, 0.4) is 0 Å². The van der Waals surface area contributed by atoms with Crippen LogP contribution in [0, 0.1) is 13.8 Å². The molecule has 0 aromatic carbocycles. The molecule has 0 saturated carbocycles. The lowest BCUT2D eigenvalue weighted by atomic mass is 10.4. The summed E-state index contributed by atoms with van der Waals surface area (Å²) in [6.07, 6.45) is 0. The second-order valence-corrected chi connectivity index (χ2v) is 6.91. The van der Waals surface area contributed by atoms with Crippen LogP contribution >= 0.6 is 23.1 Å². The van der Waals surface area contributed by atoms with Crippen LogP contribution < -0.4 is 15.6 Å². The average molecular weight is 355 g/mol. The van der Waals surface area contributed by atoms with Gasteiger partial charge in [-0.1, -0.05) is 23.1 Å². The molecule has 0 aliphatic carbocycles. The van der Waals surface area contributed by atoms with Crippen LogP contribution in [0.1, 0.15) is 25.2 Å². The van der Waals surface area contributed by atoms with E-state index in [9.17, 15) is 9.59 Å². The number of thioether (sulfide) groups is 1. The van der Waals surface area contributed by atoms with Crippen molar-refractivity contribution in [2.75, 3.05) is 11.9 Å². The first-order valence-corrected chi connectivity index (χ1v) is 8.61. The molecule has 0 saturated heterocycles. The molecule has 1 atom stereocenters. The third kappa shape index (κ3) is 4.52. The number of anilines is 1. The lowest BCUT2D eigenvalue weighted by molar-refractivity contribution is -0.115. The van der Waals surface area contributed by atoms with Crippen LogP contribution in [0.2, 0.25) is 0 Å². The molecule has 124 valence electrons. The molecule has 8 nitrogen and oxygen atoms in total. The summed E-state index contributed by atoms with van der Waals surface area (Å²) in [6.45, 7) is 7.53. The van der Waals surface area contributed by atoms with E-state index in [4.69, 9.17) is 4.74 Å². The van der Waals surface area contributed by atoms with E-state index in [0.717, 1.165) is 17.5 Å². The number of aryl methyl sites for hydroxylation is 2. The maximum atomic E-state index is 12.2. The topological polar surface area (TPSA) is 110 Å². The molecule has 0 fully saturated rings. The van der Waals surface area contributed by atoms with Crippen molar-refractivity contribution < 1.29 is 9.53 Å². The number of thiazole rings is 1. The Morgan fingerprint density at radius 1 is 1.39 bits per heavy atom. The predicted octanol–water partition coefficient (Wildman–Crippen LogP) is 1.76. The van der Waals surface area contributed by atoms with Gasteiger partial charge in [0.05, 0.1) is 17.6 Å². The van der Waals surface area contributed by atoms with Crippen molar-refractivity contribution in [1.29, 1.82) is 0 Å². The third-order valence-corrected chi connectivity index (χ3v) is 4.72. The molecule has 2 rings (SSSR count). The number of nitrogens with zero attached hydrogens (tertiary/aromatic N) is 3. The Kier molecular flexibility index (Phi) is 5.72. The van der Waals surface area contributed by atoms with Crippen LogP contribution in [-0.4, -0.2) is 37.9 Å². The Hall–Kier alpha value is -1.94. The van der Waals surface area contributed by atoms with Gasteiger partial charge in [0.2, 0.25) is 5.91 Å². The molecule has 2 heterocycles. The monoisotopic (exact) mass is 355 g/mol. The smallest absolute Gasteiger partial charge is 0.273 e. The van der Waals surface area contributed by atoms with Crippen molar-refractivity contribution in [2.24, 2.45) is 0 Å². The summed E-state index contributed by atoms with van der Waals surface area (Å²) in [6, 6.07) is 0. The number of amides is 1.